The normalized spacial score (nSPS) is 24.1. The average Bonchev–Trinajstić information content (AvgIpc) is 2.27. The zero-order valence-corrected chi connectivity index (χ0v) is 10.4. The first kappa shape index (κ1) is 11.5. The van der Waals surface area contributed by atoms with Gasteiger partial charge in [-0.05, 0) is 18.1 Å². The largest absolute Gasteiger partial charge is 0.461 e. The first-order valence-corrected chi connectivity index (χ1v) is 6.55. The highest BCUT2D eigenvalue weighted by molar-refractivity contribution is 7.99. The highest BCUT2D eigenvalue weighted by Crippen LogP contribution is 2.33. The summed E-state index contributed by atoms with van der Waals surface area (Å²) >= 11 is 1.73. The molecule has 1 aliphatic rings. The zero-order valence-electron chi connectivity index (χ0n) is 9.55. The number of carbonyl (C=O) groups excluding carboxylic acids is 1. The van der Waals surface area contributed by atoms with Crippen molar-refractivity contribution in [2.75, 3.05) is 5.75 Å². The summed E-state index contributed by atoms with van der Waals surface area (Å²) in [6.45, 7) is 4.19. The molecule has 2 rings (SSSR count). The number of ether oxygens (including phenoxy) is 1. The van der Waals surface area contributed by atoms with Gasteiger partial charge >= 0.3 is 5.97 Å². The smallest absolute Gasteiger partial charge is 0.313 e. The minimum absolute atomic E-state index is 0.0397. The molecule has 0 aliphatic carbocycles. The molecule has 0 bridgehead atoms. The maximum absolute atomic E-state index is 11.3. The van der Waals surface area contributed by atoms with Crippen molar-refractivity contribution in [1.29, 1.82) is 0 Å². The summed E-state index contributed by atoms with van der Waals surface area (Å²) < 4.78 is 5.15. The Kier molecular flexibility index (Phi) is 3.54. The van der Waals surface area contributed by atoms with Gasteiger partial charge in [-0.2, -0.15) is 0 Å². The van der Waals surface area contributed by atoms with Crippen molar-refractivity contribution < 1.29 is 9.53 Å². The lowest BCUT2D eigenvalue weighted by atomic mass is 9.90. The van der Waals surface area contributed by atoms with Gasteiger partial charge in [0.15, 0.2) is 0 Å². The van der Waals surface area contributed by atoms with Gasteiger partial charge in [0.2, 0.25) is 0 Å². The van der Waals surface area contributed by atoms with Gasteiger partial charge in [-0.15, -0.1) is 11.8 Å². The molecule has 86 valence electrons. The molecule has 1 saturated heterocycles. The molecule has 3 heteroatoms. The third kappa shape index (κ3) is 2.40. The Morgan fingerprint density at radius 3 is 2.56 bits per heavy atom. The number of cyclic esters (lactones) is 1. The van der Waals surface area contributed by atoms with E-state index >= 15 is 0 Å². The van der Waals surface area contributed by atoms with Gasteiger partial charge in [-0.25, -0.2) is 0 Å². The second-order valence-electron chi connectivity index (χ2n) is 4.38. The second-order valence-corrected chi connectivity index (χ2v) is 5.47. The molecule has 1 aromatic rings. The molecule has 0 spiro atoms. The molecule has 0 unspecified atom stereocenters. The molecule has 0 amide bonds. The van der Waals surface area contributed by atoms with Gasteiger partial charge in [-0.1, -0.05) is 32.0 Å². The Morgan fingerprint density at radius 1 is 1.31 bits per heavy atom. The van der Waals surface area contributed by atoms with Crippen molar-refractivity contribution >= 4 is 17.7 Å². The quantitative estimate of drug-likeness (QED) is 0.594. The minimum Gasteiger partial charge on any atom is -0.461 e. The summed E-state index contributed by atoms with van der Waals surface area (Å²) in [6.07, 6.45) is 0.115. The van der Waals surface area contributed by atoms with Crippen LogP contribution in [0.25, 0.3) is 0 Å². The van der Waals surface area contributed by atoms with Crippen LogP contribution in [0.1, 0.15) is 13.8 Å². The highest BCUT2D eigenvalue weighted by atomic mass is 32.2. The van der Waals surface area contributed by atoms with E-state index in [2.05, 4.69) is 26.0 Å². The van der Waals surface area contributed by atoms with Crippen LogP contribution in [0.3, 0.4) is 0 Å². The van der Waals surface area contributed by atoms with Crippen LogP contribution >= 0.6 is 11.8 Å². The predicted molar refractivity (Wildman–Crippen MR) is 65.4 cm³/mol. The summed E-state index contributed by atoms with van der Waals surface area (Å²) in [5, 5.41) is 0. The van der Waals surface area contributed by atoms with Crippen molar-refractivity contribution in [3.63, 3.8) is 0 Å². The summed E-state index contributed by atoms with van der Waals surface area (Å²) in [4.78, 5) is 12.5. The number of thioether (sulfide) groups is 1. The van der Waals surface area contributed by atoms with Gasteiger partial charge < -0.3 is 4.74 Å². The fourth-order valence-corrected chi connectivity index (χ4v) is 2.88. The Labute approximate surface area is 100 Å². The third-order valence-electron chi connectivity index (χ3n) is 2.78. The van der Waals surface area contributed by atoms with E-state index < -0.39 is 0 Å². The maximum Gasteiger partial charge on any atom is 0.313 e. The predicted octanol–water partition coefficient (Wildman–Crippen LogP) is 2.98. The molecule has 1 heterocycles. The number of hydrogen-bond donors (Lipinski definition) is 0. The monoisotopic (exact) mass is 236 g/mol. The van der Waals surface area contributed by atoms with Crippen molar-refractivity contribution in [3.05, 3.63) is 30.3 Å². The lowest BCUT2D eigenvalue weighted by molar-refractivity contribution is -0.187. The molecule has 0 N–H and O–H groups in total. The molecular weight excluding hydrogens is 220 g/mol. The van der Waals surface area contributed by atoms with E-state index in [1.165, 1.54) is 4.90 Å². The highest BCUT2D eigenvalue weighted by Gasteiger charge is 2.43. The van der Waals surface area contributed by atoms with E-state index in [1.54, 1.807) is 11.8 Å². The molecule has 0 aromatic heterocycles. The van der Waals surface area contributed by atoms with Gasteiger partial charge in [0.1, 0.15) is 12.0 Å². The number of carbonyl (C=O) groups is 1. The Morgan fingerprint density at radius 2 is 2.00 bits per heavy atom. The van der Waals surface area contributed by atoms with Gasteiger partial charge in [0.25, 0.3) is 0 Å². The molecule has 2 atom stereocenters. The van der Waals surface area contributed by atoms with Crippen LogP contribution in [-0.4, -0.2) is 17.8 Å². The van der Waals surface area contributed by atoms with Crippen molar-refractivity contribution in [2.45, 2.75) is 24.8 Å². The Bertz CT molecular complexity index is 361. The standard InChI is InChI=1S/C13H16O2S/c1-9(2)12-11(13(14)15-12)8-16-10-6-4-3-5-7-10/h3-7,9,11-12H,8H2,1-2H3/t11-,12+/m1/s1. The van der Waals surface area contributed by atoms with Crippen LogP contribution in [0.15, 0.2) is 35.2 Å². The molecule has 2 nitrogen and oxygen atoms in total. The topological polar surface area (TPSA) is 26.3 Å². The summed E-state index contributed by atoms with van der Waals surface area (Å²) in [5.74, 6) is 1.28. The molecule has 1 aliphatic heterocycles. The molecule has 0 saturated carbocycles. The van der Waals surface area contributed by atoms with E-state index in [0.717, 1.165) is 5.75 Å². The van der Waals surface area contributed by atoms with Crippen LogP contribution in [0.4, 0.5) is 0 Å². The Hall–Kier alpha value is -0.960. The fraction of sp³-hybridized carbons (Fsp3) is 0.462. The maximum atomic E-state index is 11.3. The average molecular weight is 236 g/mol. The minimum atomic E-state index is -0.0397. The van der Waals surface area contributed by atoms with E-state index in [0.29, 0.717) is 5.92 Å². The first-order chi connectivity index (χ1) is 7.68. The SMILES string of the molecule is CC(C)[C@@H]1OC(=O)[C@@H]1CSc1ccccc1. The van der Waals surface area contributed by atoms with Crippen LogP contribution in [0, 0.1) is 11.8 Å². The summed E-state index contributed by atoms with van der Waals surface area (Å²) in [6, 6.07) is 10.2. The molecule has 16 heavy (non-hydrogen) atoms. The van der Waals surface area contributed by atoms with Crippen LogP contribution in [-0.2, 0) is 9.53 Å². The lowest BCUT2D eigenvalue weighted by Gasteiger charge is -2.37. The van der Waals surface area contributed by atoms with E-state index in [4.69, 9.17) is 4.74 Å². The van der Waals surface area contributed by atoms with Crippen LogP contribution in [0.2, 0.25) is 0 Å². The van der Waals surface area contributed by atoms with Crippen molar-refractivity contribution in [2.24, 2.45) is 11.8 Å². The molecule has 0 radical (unpaired) electrons. The molecule has 1 fully saturated rings. The van der Waals surface area contributed by atoms with Crippen molar-refractivity contribution in [1.82, 2.24) is 0 Å². The van der Waals surface area contributed by atoms with Crippen molar-refractivity contribution in [3.8, 4) is 0 Å². The van der Waals surface area contributed by atoms with E-state index in [-0.39, 0.29) is 18.0 Å². The van der Waals surface area contributed by atoms with Crippen LogP contribution < -0.4 is 0 Å². The van der Waals surface area contributed by atoms with Gasteiger partial charge in [-0.3, -0.25) is 4.79 Å². The van der Waals surface area contributed by atoms with Crippen LogP contribution in [0.5, 0.6) is 0 Å². The zero-order chi connectivity index (χ0) is 11.5. The third-order valence-corrected chi connectivity index (χ3v) is 3.91. The van der Waals surface area contributed by atoms with Gasteiger partial charge in [0, 0.05) is 10.6 Å². The molecule has 1 aromatic carbocycles. The number of hydrogen-bond acceptors (Lipinski definition) is 3. The lowest BCUT2D eigenvalue weighted by Crippen LogP contribution is -2.49. The Balaban J connectivity index is 1.88. The number of esters is 1. The summed E-state index contributed by atoms with van der Waals surface area (Å²) in [5.41, 5.74) is 0. The summed E-state index contributed by atoms with van der Waals surface area (Å²) in [7, 11) is 0. The van der Waals surface area contributed by atoms with E-state index in [9.17, 15) is 4.79 Å². The first-order valence-electron chi connectivity index (χ1n) is 5.57. The second kappa shape index (κ2) is 4.91. The van der Waals surface area contributed by atoms with E-state index in [1.807, 2.05) is 18.2 Å². The fourth-order valence-electron chi connectivity index (χ4n) is 1.83. The number of benzene rings is 1. The number of rotatable bonds is 4. The molecular formula is C13H16O2S. The van der Waals surface area contributed by atoms with Gasteiger partial charge in [0.05, 0.1) is 0 Å².